The van der Waals surface area contributed by atoms with E-state index >= 15 is 0 Å². The SMILES string of the molecule is CCS(=O)(=O)N(C)CC1(O)CCOCC1. The van der Waals surface area contributed by atoms with Crippen molar-refractivity contribution in [3.8, 4) is 0 Å². The standard InChI is InChI=1S/C9H19NO4S/c1-3-15(12,13)10(2)8-9(11)4-6-14-7-5-9/h11H,3-8H2,1-2H3. The van der Waals surface area contributed by atoms with Crippen LogP contribution in [0.15, 0.2) is 0 Å². The molecular weight excluding hydrogens is 218 g/mol. The lowest BCUT2D eigenvalue weighted by Gasteiger charge is -2.34. The Labute approximate surface area is 91.1 Å². The van der Waals surface area contributed by atoms with E-state index in [0.29, 0.717) is 26.1 Å². The molecule has 0 bridgehead atoms. The highest BCUT2D eigenvalue weighted by atomic mass is 32.2. The highest BCUT2D eigenvalue weighted by molar-refractivity contribution is 7.89. The first-order valence-corrected chi connectivity index (χ1v) is 6.75. The fraction of sp³-hybridized carbons (Fsp3) is 1.00. The predicted molar refractivity (Wildman–Crippen MR) is 57.1 cm³/mol. The number of sulfonamides is 1. The van der Waals surface area contributed by atoms with E-state index in [4.69, 9.17) is 4.74 Å². The third kappa shape index (κ3) is 3.41. The zero-order chi connectivity index (χ0) is 11.5. The molecule has 0 aliphatic carbocycles. The number of nitrogens with zero attached hydrogens (tertiary/aromatic N) is 1. The zero-order valence-corrected chi connectivity index (χ0v) is 10.1. The van der Waals surface area contributed by atoms with Crippen LogP contribution in [0.2, 0.25) is 0 Å². The average molecular weight is 237 g/mol. The van der Waals surface area contributed by atoms with Gasteiger partial charge in [0.05, 0.1) is 11.4 Å². The van der Waals surface area contributed by atoms with Crippen molar-refractivity contribution in [2.45, 2.75) is 25.4 Å². The van der Waals surface area contributed by atoms with Crippen LogP contribution in [-0.4, -0.2) is 56.0 Å². The summed E-state index contributed by atoms with van der Waals surface area (Å²) in [5.41, 5.74) is -0.921. The van der Waals surface area contributed by atoms with Gasteiger partial charge in [-0.3, -0.25) is 0 Å². The molecule has 0 aromatic heterocycles. The van der Waals surface area contributed by atoms with E-state index in [0.717, 1.165) is 0 Å². The summed E-state index contributed by atoms with van der Waals surface area (Å²) in [5, 5.41) is 10.1. The maximum atomic E-state index is 11.5. The van der Waals surface area contributed by atoms with Crippen molar-refractivity contribution >= 4 is 10.0 Å². The van der Waals surface area contributed by atoms with Crippen LogP contribution in [0.4, 0.5) is 0 Å². The average Bonchev–Trinajstić information content (AvgIpc) is 2.18. The van der Waals surface area contributed by atoms with Gasteiger partial charge in [-0.1, -0.05) is 0 Å². The highest BCUT2D eigenvalue weighted by Gasteiger charge is 2.33. The van der Waals surface area contributed by atoms with Crippen molar-refractivity contribution in [2.24, 2.45) is 0 Å². The summed E-state index contributed by atoms with van der Waals surface area (Å²) >= 11 is 0. The third-order valence-corrected chi connectivity index (χ3v) is 4.59. The maximum absolute atomic E-state index is 11.5. The van der Waals surface area contributed by atoms with Crippen LogP contribution in [0.3, 0.4) is 0 Å². The first-order chi connectivity index (χ1) is 6.90. The van der Waals surface area contributed by atoms with Gasteiger partial charge >= 0.3 is 0 Å². The molecule has 0 aromatic rings. The number of aliphatic hydroxyl groups is 1. The molecule has 1 aliphatic rings. The summed E-state index contributed by atoms with van der Waals surface area (Å²) in [5.74, 6) is 0.0656. The minimum atomic E-state index is -3.20. The Hall–Kier alpha value is -0.170. The molecule has 1 N–H and O–H groups in total. The van der Waals surface area contributed by atoms with Gasteiger partial charge < -0.3 is 9.84 Å². The Morgan fingerprint density at radius 1 is 1.40 bits per heavy atom. The monoisotopic (exact) mass is 237 g/mol. The van der Waals surface area contributed by atoms with Gasteiger partial charge in [-0.05, 0) is 6.92 Å². The molecule has 90 valence electrons. The van der Waals surface area contributed by atoms with E-state index < -0.39 is 15.6 Å². The predicted octanol–water partition coefficient (Wildman–Crippen LogP) is -0.191. The quantitative estimate of drug-likeness (QED) is 0.736. The van der Waals surface area contributed by atoms with Crippen LogP contribution in [-0.2, 0) is 14.8 Å². The molecule has 0 amide bonds. The molecule has 1 fully saturated rings. The van der Waals surface area contributed by atoms with Crippen LogP contribution in [0.5, 0.6) is 0 Å². The molecule has 1 heterocycles. The molecule has 1 rings (SSSR count). The molecule has 15 heavy (non-hydrogen) atoms. The molecular formula is C9H19NO4S. The third-order valence-electron chi connectivity index (χ3n) is 2.78. The largest absolute Gasteiger partial charge is 0.388 e. The van der Waals surface area contributed by atoms with E-state index in [1.165, 1.54) is 11.4 Å². The van der Waals surface area contributed by atoms with Gasteiger partial charge in [0.1, 0.15) is 0 Å². The summed E-state index contributed by atoms with van der Waals surface area (Å²) < 4.78 is 29.4. The van der Waals surface area contributed by atoms with Gasteiger partial charge in [0, 0.05) is 39.6 Å². The Bertz CT molecular complexity index is 295. The molecule has 0 aromatic carbocycles. The van der Waals surface area contributed by atoms with E-state index in [9.17, 15) is 13.5 Å². The molecule has 6 heteroatoms. The van der Waals surface area contributed by atoms with Gasteiger partial charge in [-0.25, -0.2) is 12.7 Å². The molecule has 0 saturated carbocycles. The second kappa shape index (κ2) is 4.78. The molecule has 0 radical (unpaired) electrons. The van der Waals surface area contributed by atoms with E-state index in [2.05, 4.69) is 0 Å². The van der Waals surface area contributed by atoms with Gasteiger partial charge in [0.2, 0.25) is 10.0 Å². The maximum Gasteiger partial charge on any atom is 0.213 e. The number of likely N-dealkylation sites (N-methyl/N-ethyl adjacent to an activating group) is 1. The molecule has 1 aliphatic heterocycles. The van der Waals surface area contributed by atoms with Gasteiger partial charge in [0.25, 0.3) is 0 Å². The summed E-state index contributed by atoms with van der Waals surface area (Å²) in [6.45, 7) is 2.75. The lowest BCUT2D eigenvalue weighted by Crippen LogP contribution is -2.47. The molecule has 0 spiro atoms. The van der Waals surface area contributed by atoms with Crippen LogP contribution in [0.1, 0.15) is 19.8 Å². The highest BCUT2D eigenvalue weighted by Crippen LogP contribution is 2.22. The summed E-state index contributed by atoms with van der Waals surface area (Å²) in [6, 6.07) is 0. The van der Waals surface area contributed by atoms with Crippen LogP contribution in [0, 0.1) is 0 Å². The summed E-state index contributed by atoms with van der Waals surface area (Å²) in [4.78, 5) is 0. The van der Waals surface area contributed by atoms with Crippen molar-refractivity contribution < 1.29 is 18.3 Å². The molecule has 0 unspecified atom stereocenters. The van der Waals surface area contributed by atoms with Gasteiger partial charge in [-0.15, -0.1) is 0 Å². The fourth-order valence-corrected chi connectivity index (χ4v) is 2.52. The van der Waals surface area contributed by atoms with Crippen LogP contribution < -0.4 is 0 Å². The molecule has 5 nitrogen and oxygen atoms in total. The Morgan fingerprint density at radius 2 is 1.93 bits per heavy atom. The fourth-order valence-electron chi connectivity index (χ4n) is 1.64. The molecule has 1 saturated heterocycles. The van der Waals surface area contributed by atoms with Crippen molar-refractivity contribution in [1.29, 1.82) is 0 Å². The van der Waals surface area contributed by atoms with Crippen molar-refractivity contribution in [1.82, 2.24) is 4.31 Å². The topological polar surface area (TPSA) is 66.8 Å². The smallest absolute Gasteiger partial charge is 0.213 e. The number of ether oxygens (including phenoxy) is 1. The minimum Gasteiger partial charge on any atom is -0.388 e. The Kier molecular flexibility index (Phi) is 4.11. The van der Waals surface area contributed by atoms with Crippen molar-refractivity contribution in [3.63, 3.8) is 0 Å². The van der Waals surface area contributed by atoms with Gasteiger partial charge in [-0.2, -0.15) is 0 Å². The lowest BCUT2D eigenvalue weighted by molar-refractivity contribution is -0.0689. The van der Waals surface area contributed by atoms with Crippen LogP contribution >= 0.6 is 0 Å². The first kappa shape index (κ1) is 12.9. The lowest BCUT2D eigenvalue weighted by atomic mass is 9.95. The van der Waals surface area contributed by atoms with Gasteiger partial charge in [0.15, 0.2) is 0 Å². The first-order valence-electron chi connectivity index (χ1n) is 5.14. The summed E-state index contributed by atoms with van der Waals surface area (Å²) in [6.07, 6.45) is 0.993. The second-order valence-electron chi connectivity index (χ2n) is 3.99. The Balaban J connectivity index is 2.60. The normalized spacial score (nSPS) is 21.9. The van der Waals surface area contributed by atoms with Crippen molar-refractivity contribution in [3.05, 3.63) is 0 Å². The van der Waals surface area contributed by atoms with E-state index in [1.807, 2.05) is 0 Å². The second-order valence-corrected chi connectivity index (χ2v) is 6.36. The molecule has 0 atom stereocenters. The van der Waals surface area contributed by atoms with Crippen molar-refractivity contribution in [2.75, 3.05) is 32.6 Å². The number of hydrogen-bond donors (Lipinski definition) is 1. The number of rotatable bonds is 4. The van der Waals surface area contributed by atoms with Crippen LogP contribution in [0.25, 0.3) is 0 Å². The van der Waals surface area contributed by atoms with E-state index in [1.54, 1.807) is 6.92 Å². The minimum absolute atomic E-state index is 0.0656. The summed E-state index contributed by atoms with van der Waals surface area (Å²) in [7, 11) is -1.70. The Morgan fingerprint density at radius 3 is 2.40 bits per heavy atom. The zero-order valence-electron chi connectivity index (χ0n) is 9.27. The van der Waals surface area contributed by atoms with E-state index in [-0.39, 0.29) is 12.3 Å². The number of hydrogen-bond acceptors (Lipinski definition) is 4.